The van der Waals surface area contributed by atoms with E-state index in [1.165, 1.54) is 5.56 Å². The van der Waals surface area contributed by atoms with Gasteiger partial charge in [0.05, 0.1) is 6.61 Å². The van der Waals surface area contributed by atoms with E-state index in [0.717, 1.165) is 17.7 Å². The van der Waals surface area contributed by atoms with Gasteiger partial charge in [-0.15, -0.1) is 0 Å². The van der Waals surface area contributed by atoms with Gasteiger partial charge in [0, 0.05) is 31.0 Å². The van der Waals surface area contributed by atoms with Crippen LogP contribution in [0.2, 0.25) is 0 Å². The molecular weight excluding hydrogens is 396 g/mol. The number of nitrogens with zero attached hydrogens (tertiary/aromatic N) is 2. The summed E-state index contributed by atoms with van der Waals surface area (Å²) in [6.45, 7) is 5.80. The van der Waals surface area contributed by atoms with Crippen molar-refractivity contribution in [1.82, 2.24) is 20.1 Å². The van der Waals surface area contributed by atoms with Crippen LogP contribution in [-0.2, 0) is 11.3 Å². The molecule has 3 rings (SSSR count). The zero-order valence-electron chi connectivity index (χ0n) is 17.4. The van der Waals surface area contributed by atoms with Gasteiger partial charge in [-0.05, 0) is 55.4 Å². The second-order valence-electron chi connectivity index (χ2n) is 7.03. The Morgan fingerprint density at radius 3 is 2.57 bits per heavy atom. The van der Waals surface area contributed by atoms with Crippen LogP contribution in [0, 0.1) is 4.77 Å². The summed E-state index contributed by atoms with van der Waals surface area (Å²) in [5.41, 5.74) is 2.16. The van der Waals surface area contributed by atoms with E-state index < -0.39 is 0 Å². The summed E-state index contributed by atoms with van der Waals surface area (Å²) in [5.74, 6) is 1.84. The fraction of sp³-hybridized carbons (Fsp3) is 0.348. The molecule has 0 fully saturated rings. The third-order valence-corrected chi connectivity index (χ3v) is 5.37. The van der Waals surface area contributed by atoms with E-state index in [1.807, 2.05) is 54.0 Å². The first-order chi connectivity index (χ1) is 14.6. The average Bonchev–Trinajstić information content (AvgIpc) is 3.14. The number of carbonyl (C=O) groups excluding carboxylic acids is 1. The quantitative estimate of drug-likeness (QED) is 0.463. The van der Waals surface area contributed by atoms with Gasteiger partial charge < -0.3 is 10.1 Å². The number of ether oxygens (including phenoxy) is 1. The van der Waals surface area contributed by atoms with Gasteiger partial charge in [0.1, 0.15) is 5.75 Å². The molecule has 3 aromatic rings. The van der Waals surface area contributed by atoms with Gasteiger partial charge in [0.25, 0.3) is 0 Å². The number of benzene rings is 2. The number of aromatic amines is 1. The van der Waals surface area contributed by atoms with Gasteiger partial charge in [-0.25, -0.2) is 0 Å². The first-order valence-electron chi connectivity index (χ1n) is 10.3. The zero-order valence-corrected chi connectivity index (χ0v) is 18.2. The van der Waals surface area contributed by atoms with Crippen molar-refractivity contribution >= 4 is 18.1 Å². The molecule has 0 aliphatic carbocycles. The van der Waals surface area contributed by atoms with Crippen LogP contribution in [0.3, 0.4) is 0 Å². The highest BCUT2D eigenvalue weighted by atomic mass is 32.1. The summed E-state index contributed by atoms with van der Waals surface area (Å²) in [4.78, 5) is 12.5. The standard InChI is InChI=1S/C23H28N4O2S/c1-3-17(18-8-6-5-7-9-18)16-24-21(28)14-15-27-22(25-26-23(27)30)19-10-12-20(13-11-19)29-4-2/h5-13,17H,3-4,14-16H2,1-2H3,(H,24,28)(H,26,30). The predicted molar refractivity (Wildman–Crippen MR) is 121 cm³/mol. The summed E-state index contributed by atoms with van der Waals surface area (Å²) in [6, 6.07) is 18.0. The van der Waals surface area contributed by atoms with Crippen molar-refractivity contribution < 1.29 is 9.53 Å². The maximum absolute atomic E-state index is 12.5. The van der Waals surface area contributed by atoms with Crippen LogP contribution in [0.25, 0.3) is 11.4 Å². The molecule has 1 aromatic heterocycles. The van der Waals surface area contributed by atoms with Crippen LogP contribution in [0.5, 0.6) is 5.75 Å². The first-order valence-corrected chi connectivity index (χ1v) is 10.7. The highest BCUT2D eigenvalue weighted by molar-refractivity contribution is 7.71. The SMILES string of the molecule is CCOc1ccc(-c2n[nH]c(=S)n2CCC(=O)NCC(CC)c2ccccc2)cc1. The second kappa shape index (κ2) is 10.7. The van der Waals surface area contributed by atoms with E-state index in [4.69, 9.17) is 17.0 Å². The van der Waals surface area contributed by atoms with Crippen LogP contribution in [0.1, 0.15) is 38.2 Å². The van der Waals surface area contributed by atoms with Crippen molar-refractivity contribution in [1.29, 1.82) is 0 Å². The molecule has 0 aliphatic heterocycles. The summed E-state index contributed by atoms with van der Waals surface area (Å²) < 4.78 is 7.85. The highest BCUT2D eigenvalue weighted by Gasteiger charge is 2.13. The highest BCUT2D eigenvalue weighted by Crippen LogP contribution is 2.21. The van der Waals surface area contributed by atoms with Gasteiger partial charge in [-0.1, -0.05) is 37.3 Å². The van der Waals surface area contributed by atoms with Crippen molar-refractivity contribution in [2.24, 2.45) is 0 Å². The van der Waals surface area contributed by atoms with E-state index in [9.17, 15) is 4.79 Å². The summed E-state index contributed by atoms with van der Waals surface area (Å²) >= 11 is 5.37. The minimum Gasteiger partial charge on any atom is -0.494 e. The van der Waals surface area contributed by atoms with Crippen molar-refractivity contribution in [3.05, 3.63) is 64.9 Å². The molecular formula is C23H28N4O2S. The lowest BCUT2D eigenvalue weighted by atomic mass is 9.96. The fourth-order valence-electron chi connectivity index (χ4n) is 3.37. The number of amides is 1. The van der Waals surface area contributed by atoms with Crippen LogP contribution in [0.15, 0.2) is 54.6 Å². The molecule has 158 valence electrons. The van der Waals surface area contributed by atoms with E-state index >= 15 is 0 Å². The third-order valence-electron chi connectivity index (χ3n) is 5.05. The molecule has 30 heavy (non-hydrogen) atoms. The maximum atomic E-state index is 12.5. The topological polar surface area (TPSA) is 71.9 Å². The Hall–Kier alpha value is -2.93. The van der Waals surface area contributed by atoms with E-state index in [2.05, 4.69) is 34.6 Å². The monoisotopic (exact) mass is 424 g/mol. The number of nitrogens with one attached hydrogen (secondary N) is 2. The molecule has 7 heteroatoms. The largest absolute Gasteiger partial charge is 0.494 e. The van der Waals surface area contributed by atoms with E-state index in [1.54, 1.807) is 0 Å². The molecule has 1 amide bonds. The number of H-pyrrole nitrogens is 1. The van der Waals surface area contributed by atoms with Crippen molar-refractivity contribution in [2.45, 2.75) is 39.2 Å². The number of aromatic nitrogens is 3. The number of rotatable bonds is 10. The van der Waals surface area contributed by atoms with E-state index in [0.29, 0.717) is 42.6 Å². The van der Waals surface area contributed by atoms with Crippen LogP contribution < -0.4 is 10.1 Å². The second-order valence-corrected chi connectivity index (χ2v) is 7.42. The lowest BCUT2D eigenvalue weighted by Gasteiger charge is -2.16. The van der Waals surface area contributed by atoms with Gasteiger partial charge in [0.15, 0.2) is 10.6 Å². The molecule has 2 aromatic carbocycles. The smallest absolute Gasteiger partial charge is 0.221 e. The predicted octanol–water partition coefficient (Wildman–Crippen LogP) is 4.71. The first kappa shape index (κ1) is 21.8. The molecule has 6 nitrogen and oxygen atoms in total. The fourth-order valence-corrected chi connectivity index (χ4v) is 3.60. The molecule has 0 spiro atoms. The summed E-state index contributed by atoms with van der Waals surface area (Å²) in [7, 11) is 0. The maximum Gasteiger partial charge on any atom is 0.221 e. The molecule has 2 N–H and O–H groups in total. The normalized spacial score (nSPS) is 11.8. The molecule has 0 saturated carbocycles. The van der Waals surface area contributed by atoms with Crippen molar-refractivity contribution in [2.75, 3.05) is 13.2 Å². The molecule has 1 atom stereocenters. The van der Waals surface area contributed by atoms with Crippen molar-refractivity contribution in [3.63, 3.8) is 0 Å². The van der Waals surface area contributed by atoms with Gasteiger partial charge in [-0.2, -0.15) is 5.10 Å². The number of carbonyl (C=O) groups is 1. The molecule has 0 radical (unpaired) electrons. The minimum absolute atomic E-state index is 0.00475. The minimum atomic E-state index is 0.00475. The summed E-state index contributed by atoms with van der Waals surface area (Å²) in [5, 5.41) is 10.2. The number of hydrogen-bond acceptors (Lipinski definition) is 4. The van der Waals surface area contributed by atoms with Crippen molar-refractivity contribution in [3.8, 4) is 17.1 Å². The lowest BCUT2D eigenvalue weighted by Crippen LogP contribution is -2.29. The van der Waals surface area contributed by atoms with Crippen LogP contribution >= 0.6 is 12.2 Å². The Bertz CT molecular complexity index is 996. The molecule has 0 bridgehead atoms. The molecule has 0 saturated heterocycles. The average molecular weight is 425 g/mol. The Kier molecular flexibility index (Phi) is 7.79. The Balaban J connectivity index is 1.60. The Morgan fingerprint density at radius 1 is 1.17 bits per heavy atom. The number of hydrogen-bond donors (Lipinski definition) is 2. The zero-order chi connectivity index (χ0) is 21.3. The summed E-state index contributed by atoms with van der Waals surface area (Å²) in [6.07, 6.45) is 1.31. The van der Waals surface area contributed by atoms with Gasteiger partial charge >= 0.3 is 0 Å². The molecule has 1 heterocycles. The van der Waals surface area contributed by atoms with Crippen LogP contribution in [-0.4, -0.2) is 33.8 Å². The van der Waals surface area contributed by atoms with E-state index in [-0.39, 0.29) is 5.91 Å². The van der Waals surface area contributed by atoms with Crippen LogP contribution in [0.4, 0.5) is 0 Å². The molecule has 0 aliphatic rings. The van der Waals surface area contributed by atoms with Gasteiger partial charge in [-0.3, -0.25) is 14.5 Å². The lowest BCUT2D eigenvalue weighted by molar-refractivity contribution is -0.121. The third kappa shape index (κ3) is 5.57. The van der Waals surface area contributed by atoms with Gasteiger partial charge in [0.2, 0.25) is 5.91 Å². The Morgan fingerprint density at radius 2 is 1.90 bits per heavy atom. The molecule has 1 unspecified atom stereocenters. The Labute approximate surface area is 182 Å².